The van der Waals surface area contributed by atoms with E-state index in [-0.39, 0.29) is 12.1 Å². The van der Waals surface area contributed by atoms with Crippen molar-refractivity contribution < 1.29 is 9.59 Å². The van der Waals surface area contributed by atoms with Gasteiger partial charge < -0.3 is 20.4 Å². The van der Waals surface area contributed by atoms with Gasteiger partial charge in [-0.15, -0.1) is 0 Å². The molecule has 1 aromatic carbocycles. The van der Waals surface area contributed by atoms with Gasteiger partial charge in [0.2, 0.25) is 0 Å². The Morgan fingerprint density at radius 3 is 2.59 bits per heavy atom. The van der Waals surface area contributed by atoms with Gasteiger partial charge in [0.15, 0.2) is 0 Å². The summed E-state index contributed by atoms with van der Waals surface area (Å²) in [5.41, 5.74) is 5.47. The first-order chi connectivity index (χ1) is 15.4. The number of aryl methyl sites for hydroxylation is 1. The zero-order chi connectivity index (χ0) is 22.7. The van der Waals surface area contributed by atoms with E-state index in [1.807, 2.05) is 24.0 Å². The predicted octanol–water partition coefficient (Wildman–Crippen LogP) is 3.00. The van der Waals surface area contributed by atoms with Gasteiger partial charge in [-0.05, 0) is 48.6 Å². The Kier molecular flexibility index (Phi) is 6.60. The molecule has 2 N–H and O–H groups in total. The van der Waals surface area contributed by atoms with E-state index in [1.165, 1.54) is 16.7 Å². The van der Waals surface area contributed by atoms with Gasteiger partial charge in [0.05, 0.1) is 11.9 Å². The van der Waals surface area contributed by atoms with Crippen molar-refractivity contribution in [3.8, 4) is 0 Å². The number of amides is 4. The third-order valence-corrected chi connectivity index (χ3v) is 6.35. The molecule has 1 saturated heterocycles. The molecule has 8 nitrogen and oxygen atoms in total. The summed E-state index contributed by atoms with van der Waals surface area (Å²) in [7, 11) is 3.60. The number of nitrogens with zero attached hydrogens (tertiary/aromatic N) is 4. The number of aromatic nitrogens is 1. The van der Waals surface area contributed by atoms with Crippen LogP contribution in [-0.2, 0) is 13.0 Å². The van der Waals surface area contributed by atoms with Crippen molar-refractivity contribution in [2.45, 2.75) is 32.4 Å². The fourth-order valence-electron chi connectivity index (χ4n) is 4.65. The molecule has 2 heterocycles. The van der Waals surface area contributed by atoms with Crippen LogP contribution in [0.5, 0.6) is 0 Å². The van der Waals surface area contributed by atoms with Crippen molar-refractivity contribution in [3.63, 3.8) is 0 Å². The molecule has 1 aliphatic carbocycles. The third-order valence-electron chi connectivity index (χ3n) is 6.35. The predicted molar refractivity (Wildman–Crippen MR) is 125 cm³/mol. The fraction of sp³-hybridized carbons (Fsp3) is 0.458. The zero-order valence-electron chi connectivity index (χ0n) is 19.1. The van der Waals surface area contributed by atoms with Crippen molar-refractivity contribution in [3.05, 3.63) is 58.9 Å². The summed E-state index contributed by atoms with van der Waals surface area (Å²) in [4.78, 5) is 34.8. The molecule has 1 aliphatic heterocycles. The molecule has 170 valence electrons. The second kappa shape index (κ2) is 9.56. The second-order valence-electron chi connectivity index (χ2n) is 8.74. The second-order valence-corrected chi connectivity index (χ2v) is 8.74. The summed E-state index contributed by atoms with van der Waals surface area (Å²) in [6.45, 7) is 5.71. The van der Waals surface area contributed by atoms with Crippen LogP contribution < -0.4 is 10.6 Å². The molecule has 32 heavy (non-hydrogen) atoms. The molecule has 2 aromatic rings. The maximum Gasteiger partial charge on any atom is 0.319 e. The van der Waals surface area contributed by atoms with E-state index >= 15 is 0 Å². The maximum absolute atomic E-state index is 12.3. The summed E-state index contributed by atoms with van der Waals surface area (Å²) in [6, 6.07) is 10.4. The van der Waals surface area contributed by atoms with E-state index in [1.54, 1.807) is 25.2 Å². The summed E-state index contributed by atoms with van der Waals surface area (Å²) in [5, 5.41) is 5.81. The van der Waals surface area contributed by atoms with E-state index in [4.69, 9.17) is 0 Å². The average Bonchev–Trinajstić information content (AvgIpc) is 3.23. The van der Waals surface area contributed by atoms with Crippen molar-refractivity contribution >= 4 is 17.7 Å². The number of hydrogen-bond acceptors (Lipinski definition) is 4. The van der Waals surface area contributed by atoms with Crippen LogP contribution in [0.2, 0.25) is 0 Å². The molecular formula is C24H32N6O2. The Labute approximate surface area is 189 Å². The number of benzene rings is 1. The molecule has 0 spiro atoms. The van der Waals surface area contributed by atoms with E-state index < -0.39 is 0 Å². The molecule has 1 aromatic heterocycles. The highest BCUT2D eigenvalue weighted by atomic mass is 16.2. The molecule has 2 aliphatic rings. The average molecular weight is 437 g/mol. The highest BCUT2D eigenvalue weighted by Gasteiger charge is 2.32. The van der Waals surface area contributed by atoms with Gasteiger partial charge in [-0.1, -0.05) is 18.2 Å². The number of pyridine rings is 1. The third kappa shape index (κ3) is 4.85. The van der Waals surface area contributed by atoms with Gasteiger partial charge in [0, 0.05) is 58.6 Å². The van der Waals surface area contributed by atoms with Gasteiger partial charge in [-0.3, -0.25) is 9.88 Å². The Balaban J connectivity index is 1.35. The number of rotatable bonds is 4. The van der Waals surface area contributed by atoms with Crippen molar-refractivity contribution in [2.75, 3.05) is 45.6 Å². The van der Waals surface area contributed by atoms with Crippen LogP contribution in [0.4, 0.5) is 15.3 Å². The lowest BCUT2D eigenvalue weighted by Gasteiger charge is -2.39. The lowest BCUT2D eigenvalue weighted by molar-refractivity contribution is 0.0975. The Hall–Kier alpha value is -3.13. The molecule has 8 heteroatoms. The standard InChI is InChI=1S/C24H32N6O2/c1-17-7-8-19(16-25-17)27-23(31)26-15-18-5-4-6-21-20(18)9-10-22(21)29-11-13-30(14-12-29)24(32)28(2)3/h4-8,16,22H,9-15H2,1-3H3,(H2,26,27,31). The van der Waals surface area contributed by atoms with Gasteiger partial charge in [0.1, 0.15) is 0 Å². The molecule has 1 fully saturated rings. The van der Waals surface area contributed by atoms with Crippen LogP contribution in [0.3, 0.4) is 0 Å². The minimum absolute atomic E-state index is 0.0875. The van der Waals surface area contributed by atoms with Crippen molar-refractivity contribution in [2.24, 2.45) is 0 Å². The highest BCUT2D eigenvalue weighted by molar-refractivity contribution is 5.89. The van der Waals surface area contributed by atoms with E-state index in [9.17, 15) is 9.59 Å². The summed E-state index contributed by atoms with van der Waals surface area (Å²) < 4.78 is 0. The molecule has 0 saturated carbocycles. The first-order valence-corrected chi connectivity index (χ1v) is 11.2. The molecule has 4 rings (SSSR count). The Morgan fingerprint density at radius 2 is 1.91 bits per heavy atom. The maximum atomic E-state index is 12.3. The SMILES string of the molecule is Cc1ccc(NC(=O)NCc2cccc3c2CCC3N2CCN(C(=O)N(C)C)CC2)cn1. The quantitative estimate of drug-likeness (QED) is 0.772. The molecular weight excluding hydrogens is 404 g/mol. The van der Waals surface area contributed by atoms with Crippen LogP contribution in [0.15, 0.2) is 36.5 Å². The van der Waals surface area contributed by atoms with Crippen molar-refractivity contribution in [1.29, 1.82) is 0 Å². The van der Waals surface area contributed by atoms with E-state index in [2.05, 4.69) is 38.7 Å². The monoisotopic (exact) mass is 436 g/mol. The smallest absolute Gasteiger partial charge is 0.319 e. The number of anilines is 1. The summed E-state index contributed by atoms with van der Waals surface area (Å²) >= 11 is 0. The van der Waals surface area contributed by atoms with Gasteiger partial charge in [-0.25, -0.2) is 9.59 Å². The zero-order valence-corrected chi connectivity index (χ0v) is 19.1. The lowest BCUT2D eigenvalue weighted by Crippen LogP contribution is -2.51. The number of piperazine rings is 1. The summed E-state index contributed by atoms with van der Waals surface area (Å²) in [5.74, 6) is 0. The first-order valence-electron chi connectivity index (χ1n) is 11.2. The van der Waals surface area contributed by atoms with Gasteiger partial charge in [0.25, 0.3) is 0 Å². The van der Waals surface area contributed by atoms with Crippen LogP contribution in [0, 0.1) is 6.92 Å². The minimum atomic E-state index is -0.232. The number of carbonyl (C=O) groups is 2. The topological polar surface area (TPSA) is 80.8 Å². The number of fused-ring (bicyclic) bond motifs is 1. The van der Waals surface area contributed by atoms with Crippen molar-refractivity contribution in [1.82, 2.24) is 25.0 Å². The number of urea groups is 2. The van der Waals surface area contributed by atoms with E-state index in [0.717, 1.165) is 44.7 Å². The van der Waals surface area contributed by atoms with Gasteiger partial charge >= 0.3 is 12.1 Å². The molecule has 0 radical (unpaired) electrons. The summed E-state index contributed by atoms with van der Waals surface area (Å²) in [6.07, 6.45) is 3.75. The number of hydrogen-bond donors (Lipinski definition) is 2. The normalized spacial score (nSPS) is 18.2. The first kappa shape index (κ1) is 22.1. The molecule has 4 amide bonds. The van der Waals surface area contributed by atoms with Gasteiger partial charge in [-0.2, -0.15) is 0 Å². The Bertz CT molecular complexity index is 967. The largest absolute Gasteiger partial charge is 0.334 e. The van der Waals surface area contributed by atoms with E-state index in [0.29, 0.717) is 18.3 Å². The van der Waals surface area contributed by atoms with Crippen LogP contribution >= 0.6 is 0 Å². The number of carbonyl (C=O) groups excluding carboxylic acids is 2. The molecule has 1 unspecified atom stereocenters. The van der Waals surface area contributed by atoms with Crippen LogP contribution in [0.25, 0.3) is 0 Å². The lowest BCUT2D eigenvalue weighted by atomic mass is 10.0. The fourth-order valence-corrected chi connectivity index (χ4v) is 4.65. The molecule has 1 atom stereocenters. The number of nitrogens with one attached hydrogen (secondary N) is 2. The minimum Gasteiger partial charge on any atom is -0.334 e. The van der Waals surface area contributed by atoms with Crippen LogP contribution in [0.1, 0.15) is 34.8 Å². The highest BCUT2D eigenvalue weighted by Crippen LogP contribution is 2.38. The molecule has 0 bridgehead atoms. The Morgan fingerprint density at radius 1 is 1.12 bits per heavy atom. The van der Waals surface area contributed by atoms with Crippen LogP contribution in [-0.4, -0.2) is 72.0 Å².